The zero-order chi connectivity index (χ0) is 18.7. The van der Waals surface area contributed by atoms with Gasteiger partial charge < -0.3 is 10.1 Å². The van der Waals surface area contributed by atoms with Gasteiger partial charge in [-0.15, -0.1) is 0 Å². The van der Waals surface area contributed by atoms with Gasteiger partial charge in [-0.2, -0.15) is 13.2 Å². The summed E-state index contributed by atoms with van der Waals surface area (Å²) in [5, 5.41) is 2.86. The third kappa shape index (κ3) is 4.35. The molecule has 1 aliphatic heterocycles. The van der Waals surface area contributed by atoms with Gasteiger partial charge in [0.15, 0.2) is 0 Å². The summed E-state index contributed by atoms with van der Waals surface area (Å²) in [6.07, 6.45) is -2.95. The summed E-state index contributed by atoms with van der Waals surface area (Å²) in [6, 6.07) is 10.4. The topological polar surface area (TPSA) is 46.5 Å². The molecule has 0 spiro atoms. The lowest BCUT2D eigenvalue weighted by Gasteiger charge is -2.20. The fourth-order valence-corrected chi connectivity index (χ4v) is 2.65. The lowest BCUT2D eigenvalue weighted by Crippen LogP contribution is -2.24. The van der Waals surface area contributed by atoms with Crippen molar-refractivity contribution in [3.63, 3.8) is 0 Å². The first-order valence-electron chi connectivity index (χ1n) is 7.77. The van der Waals surface area contributed by atoms with Crippen LogP contribution < -0.4 is 5.32 Å². The first-order chi connectivity index (χ1) is 12.3. The second kappa shape index (κ2) is 7.37. The van der Waals surface area contributed by atoms with Crippen LogP contribution in [0.4, 0.5) is 19.0 Å². The first-order valence-corrected chi connectivity index (χ1v) is 8.14. The van der Waals surface area contributed by atoms with Crippen molar-refractivity contribution in [1.29, 1.82) is 0 Å². The number of hydrogen-bond donors (Lipinski definition) is 1. The number of aliphatic imine (C=N–C) groups is 1. The van der Waals surface area contributed by atoms with E-state index in [-0.39, 0.29) is 18.3 Å². The van der Waals surface area contributed by atoms with E-state index >= 15 is 0 Å². The van der Waals surface area contributed by atoms with E-state index in [0.717, 1.165) is 11.1 Å². The Kier molecular flexibility index (Phi) is 5.18. The number of aromatic nitrogens is 1. The molecule has 0 saturated carbocycles. The monoisotopic (exact) mass is 381 g/mol. The largest absolute Gasteiger partial charge is 0.473 e. The lowest BCUT2D eigenvalue weighted by atomic mass is 10.1. The smallest absolute Gasteiger partial charge is 0.405 e. The predicted molar refractivity (Wildman–Crippen MR) is 95.3 cm³/mol. The van der Waals surface area contributed by atoms with E-state index in [2.05, 4.69) is 15.3 Å². The highest BCUT2D eigenvalue weighted by Crippen LogP contribution is 2.29. The molecule has 136 valence electrons. The van der Waals surface area contributed by atoms with Crippen LogP contribution in [-0.2, 0) is 4.74 Å². The van der Waals surface area contributed by atoms with Crippen molar-refractivity contribution in [2.45, 2.75) is 13.1 Å². The van der Waals surface area contributed by atoms with Gasteiger partial charge in [-0.25, -0.2) is 9.98 Å². The van der Waals surface area contributed by atoms with E-state index in [1.54, 1.807) is 24.3 Å². The zero-order valence-corrected chi connectivity index (χ0v) is 14.5. The summed E-state index contributed by atoms with van der Waals surface area (Å²) >= 11 is 6.05. The molecule has 1 aliphatic rings. The molecule has 0 atom stereocenters. The Labute approximate surface area is 153 Å². The maximum absolute atomic E-state index is 12.5. The minimum absolute atomic E-state index is 0.0635. The normalized spacial score (nSPS) is 14.7. The summed E-state index contributed by atoms with van der Waals surface area (Å²) in [7, 11) is 0. The van der Waals surface area contributed by atoms with Gasteiger partial charge >= 0.3 is 6.18 Å². The van der Waals surface area contributed by atoms with Gasteiger partial charge in [0.25, 0.3) is 0 Å². The minimum atomic E-state index is -4.35. The molecule has 3 rings (SSSR count). The SMILES string of the molecule is CC1=C(c2cccc(Cl)c2)N=C(c2cccnc2NCC(F)(F)F)OC1. The van der Waals surface area contributed by atoms with Gasteiger partial charge in [-0.05, 0) is 36.8 Å². The Morgan fingerprint density at radius 3 is 2.77 bits per heavy atom. The summed E-state index contributed by atoms with van der Waals surface area (Å²) in [5.74, 6) is 0.275. The Hall–Kier alpha value is -2.54. The molecule has 0 unspecified atom stereocenters. The van der Waals surface area contributed by atoms with Crippen molar-refractivity contribution >= 4 is 29.0 Å². The summed E-state index contributed by atoms with van der Waals surface area (Å²) < 4.78 is 43.2. The molecular weight excluding hydrogens is 367 g/mol. The van der Waals surface area contributed by atoms with Gasteiger partial charge in [0, 0.05) is 16.8 Å². The number of ether oxygens (including phenoxy) is 1. The standard InChI is InChI=1S/C18H15ClF3N3O/c1-11-9-26-17(25-15(11)12-4-2-5-13(19)8-12)14-6-3-7-23-16(14)24-10-18(20,21)22/h2-8H,9-10H2,1H3,(H,23,24). The molecule has 0 amide bonds. The third-order valence-electron chi connectivity index (χ3n) is 3.64. The van der Waals surface area contributed by atoms with Crippen molar-refractivity contribution in [3.8, 4) is 0 Å². The molecule has 0 fully saturated rings. The van der Waals surface area contributed by atoms with Crippen LogP contribution in [0.15, 0.2) is 53.2 Å². The van der Waals surface area contributed by atoms with Gasteiger partial charge in [-0.1, -0.05) is 23.7 Å². The quantitative estimate of drug-likeness (QED) is 0.817. The summed E-state index contributed by atoms with van der Waals surface area (Å²) in [5.41, 5.74) is 2.75. The Morgan fingerprint density at radius 2 is 2.04 bits per heavy atom. The van der Waals surface area contributed by atoms with Crippen LogP contribution in [0.1, 0.15) is 18.1 Å². The molecule has 26 heavy (non-hydrogen) atoms. The lowest BCUT2D eigenvalue weighted by molar-refractivity contribution is -0.115. The van der Waals surface area contributed by atoms with Crippen molar-refractivity contribution < 1.29 is 17.9 Å². The van der Waals surface area contributed by atoms with E-state index < -0.39 is 12.7 Å². The molecule has 4 nitrogen and oxygen atoms in total. The maximum Gasteiger partial charge on any atom is 0.405 e. The van der Waals surface area contributed by atoms with Crippen LogP contribution in [0.2, 0.25) is 5.02 Å². The molecule has 0 radical (unpaired) electrons. The number of nitrogens with one attached hydrogen (secondary N) is 1. The third-order valence-corrected chi connectivity index (χ3v) is 3.87. The number of pyridine rings is 1. The zero-order valence-electron chi connectivity index (χ0n) is 13.8. The first kappa shape index (κ1) is 18.3. The van der Waals surface area contributed by atoms with Crippen LogP contribution in [-0.4, -0.2) is 30.2 Å². The van der Waals surface area contributed by atoms with E-state index in [4.69, 9.17) is 16.3 Å². The second-order valence-electron chi connectivity index (χ2n) is 5.71. The van der Waals surface area contributed by atoms with Gasteiger partial charge in [0.1, 0.15) is 19.0 Å². The molecule has 2 aromatic rings. The van der Waals surface area contributed by atoms with Crippen LogP contribution in [0.5, 0.6) is 0 Å². The van der Waals surface area contributed by atoms with E-state index in [0.29, 0.717) is 16.3 Å². The van der Waals surface area contributed by atoms with E-state index in [9.17, 15) is 13.2 Å². The number of nitrogens with zero attached hydrogens (tertiary/aromatic N) is 2. The van der Waals surface area contributed by atoms with Crippen molar-refractivity contribution in [3.05, 3.63) is 64.3 Å². The van der Waals surface area contributed by atoms with Crippen molar-refractivity contribution in [2.75, 3.05) is 18.5 Å². The Morgan fingerprint density at radius 1 is 1.23 bits per heavy atom. The Bertz CT molecular complexity index is 878. The average Bonchev–Trinajstić information content (AvgIpc) is 2.60. The van der Waals surface area contributed by atoms with Gasteiger partial charge in [-0.3, -0.25) is 0 Å². The average molecular weight is 382 g/mol. The van der Waals surface area contributed by atoms with Gasteiger partial charge in [0.2, 0.25) is 5.90 Å². The molecular formula is C18H15ClF3N3O. The van der Waals surface area contributed by atoms with E-state index in [1.165, 1.54) is 6.20 Å². The molecule has 2 heterocycles. The molecule has 8 heteroatoms. The number of anilines is 1. The van der Waals surface area contributed by atoms with Crippen molar-refractivity contribution in [1.82, 2.24) is 4.98 Å². The number of halogens is 4. The predicted octanol–water partition coefficient (Wildman–Crippen LogP) is 4.92. The van der Waals surface area contributed by atoms with Crippen LogP contribution in [0.25, 0.3) is 5.70 Å². The maximum atomic E-state index is 12.5. The Balaban J connectivity index is 1.96. The molecule has 1 aromatic carbocycles. The number of hydrogen-bond acceptors (Lipinski definition) is 4. The molecule has 0 aliphatic carbocycles. The second-order valence-corrected chi connectivity index (χ2v) is 6.15. The van der Waals surface area contributed by atoms with E-state index in [1.807, 2.05) is 19.1 Å². The highest BCUT2D eigenvalue weighted by Gasteiger charge is 2.28. The van der Waals surface area contributed by atoms with Crippen LogP contribution in [0, 0.1) is 0 Å². The molecule has 1 N–H and O–H groups in total. The number of alkyl halides is 3. The fraction of sp³-hybridized carbons (Fsp3) is 0.222. The molecule has 1 aromatic heterocycles. The highest BCUT2D eigenvalue weighted by molar-refractivity contribution is 6.30. The van der Waals surface area contributed by atoms with Crippen molar-refractivity contribution in [2.24, 2.45) is 4.99 Å². The fourth-order valence-electron chi connectivity index (χ4n) is 2.46. The number of benzene rings is 1. The minimum Gasteiger partial charge on any atom is -0.473 e. The molecule has 0 saturated heterocycles. The number of rotatable bonds is 4. The summed E-state index contributed by atoms with van der Waals surface area (Å²) in [6.45, 7) is 0.956. The molecule has 0 bridgehead atoms. The van der Waals surface area contributed by atoms with Gasteiger partial charge in [0.05, 0.1) is 11.3 Å². The summed E-state index contributed by atoms with van der Waals surface area (Å²) in [4.78, 5) is 8.48. The van der Waals surface area contributed by atoms with Crippen LogP contribution >= 0.6 is 11.6 Å². The highest BCUT2D eigenvalue weighted by atomic mass is 35.5. The van der Waals surface area contributed by atoms with Crippen LogP contribution in [0.3, 0.4) is 0 Å².